The molecule has 0 unspecified atom stereocenters. The minimum absolute atomic E-state index is 0.112. The van der Waals surface area contributed by atoms with Crippen molar-refractivity contribution in [3.63, 3.8) is 0 Å². The molecule has 0 aromatic rings. The van der Waals surface area contributed by atoms with Gasteiger partial charge in [0.15, 0.2) is 0 Å². The van der Waals surface area contributed by atoms with Crippen molar-refractivity contribution in [3.05, 3.63) is 12.7 Å². The standard InChI is InChI=1S/C11H19O.3C4H9.Sn/c1-3-9(2)11(12)10-7-5-4-6-8-10;3*1-3-4-2;/h3,9-12H,1-2,4-8H2;3*1,3-4H2,2H3;/t9-,11-;;;;/m1..../s1. The van der Waals surface area contributed by atoms with Crippen molar-refractivity contribution in [1.82, 2.24) is 0 Å². The van der Waals surface area contributed by atoms with Crippen molar-refractivity contribution in [2.24, 2.45) is 11.8 Å². The van der Waals surface area contributed by atoms with Crippen molar-refractivity contribution >= 4 is 18.4 Å². The molecule has 0 aromatic heterocycles. The summed E-state index contributed by atoms with van der Waals surface area (Å²) in [7, 11) is 0. The number of aliphatic hydroxyl groups excluding tert-OH is 1. The van der Waals surface area contributed by atoms with Crippen LogP contribution in [0.25, 0.3) is 0 Å². The number of rotatable bonds is 14. The van der Waals surface area contributed by atoms with E-state index in [2.05, 4.69) is 33.4 Å². The fourth-order valence-electron chi connectivity index (χ4n) is 5.01. The quantitative estimate of drug-likeness (QED) is 0.211. The summed E-state index contributed by atoms with van der Waals surface area (Å²) in [5.74, 6) is 0.925. The molecule has 1 aliphatic rings. The minimum atomic E-state index is -2.18. The van der Waals surface area contributed by atoms with Gasteiger partial charge in [0.05, 0.1) is 0 Å². The molecule has 1 saturated carbocycles. The van der Waals surface area contributed by atoms with Crippen LogP contribution < -0.4 is 0 Å². The van der Waals surface area contributed by atoms with E-state index in [1.165, 1.54) is 75.1 Å². The van der Waals surface area contributed by atoms with Gasteiger partial charge >= 0.3 is 163 Å². The fraction of sp³-hybridized carbons (Fsp3) is 0.913. The van der Waals surface area contributed by atoms with E-state index in [0.29, 0.717) is 11.8 Å². The Morgan fingerprint density at radius 3 is 1.80 bits per heavy atom. The van der Waals surface area contributed by atoms with E-state index in [-0.39, 0.29) is 6.10 Å². The zero-order valence-corrected chi connectivity index (χ0v) is 20.4. The summed E-state index contributed by atoms with van der Waals surface area (Å²) in [4.78, 5) is 0. The maximum atomic E-state index is 11.1. The Labute approximate surface area is 162 Å². The third-order valence-corrected chi connectivity index (χ3v) is 22.7. The first kappa shape index (κ1) is 23.5. The van der Waals surface area contributed by atoms with Crippen molar-refractivity contribution in [3.8, 4) is 0 Å². The second-order valence-electron chi connectivity index (χ2n) is 8.80. The molecule has 2 atom stereocenters. The van der Waals surface area contributed by atoms with Gasteiger partial charge in [0.1, 0.15) is 0 Å². The molecular formula is C23H46OSn. The third kappa shape index (κ3) is 8.37. The second-order valence-corrected chi connectivity index (χ2v) is 22.8. The summed E-state index contributed by atoms with van der Waals surface area (Å²) >= 11 is -2.18. The van der Waals surface area contributed by atoms with Crippen LogP contribution in [0.2, 0.25) is 17.7 Å². The van der Waals surface area contributed by atoms with Gasteiger partial charge in [-0.15, -0.1) is 0 Å². The summed E-state index contributed by atoms with van der Waals surface area (Å²) in [5, 5.41) is 11.1. The van der Waals surface area contributed by atoms with Crippen LogP contribution in [-0.4, -0.2) is 29.6 Å². The molecule has 1 rings (SSSR count). The van der Waals surface area contributed by atoms with Gasteiger partial charge in [-0.2, -0.15) is 0 Å². The first-order valence-electron chi connectivity index (χ1n) is 11.4. The first-order chi connectivity index (χ1) is 12.1. The predicted molar refractivity (Wildman–Crippen MR) is 116 cm³/mol. The Morgan fingerprint density at radius 2 is 1.40 bits per heavy atom. The number of unbranched alkanes of at least 4 members (excludes halogenated alkanes) is 3. The number of aliphatic hydroxyl groups is 1. The molecule has 1 fully saturated rings. The third-order valence-electron chi connectivity index (χ3n) is 6.72. The monoisotopic (exact) mass is 458 g/mol. The molecule has 0 spiro atoms. The maximum absolute atomic E-state index is 11.1. The Morgan fingerprint density at radius 1 is 0.920 bits per heavy atom. The van der Waals surface area contributed by atoms with E-state index in [0.717, 1.165) is 0 Å². The second kappa shape index (κ2) is 13.6. The van der Waals surface area contributed by atoms with Crippen LogP contribution in [0, 0.1) is 11.8 Å². The van der Waals surface area contributed by atoms with Gasteiger partial charge < -0.3 is 0 Å². The molecule has 1 aliphatic carbocycles. The summed E-state index contributed by atoms with van der Waals surface area (Å²) < 4.78 is 6.02. The molecule has 0 radical (unpaired) electrons. The molecule has 0 amide bonds. The van der Waals surface area contributed by atoms with E-state index in [4.69, 9.17) is 0 Å². The van der Waals surface area contributed by atoms with E-state index in [9.17, 15) is 5.11 Å². The number of hydrogen-bond acceptors (Lipinski definition) is 1. The van der Waals surface area contributed by atoms with Gasteiger partial charge in [-0.3, -0.25) is 0 Å². The molecule has 1 N–H and O–H groups in total. The molecule has 0 saturated heterocycles. The first-order valence-corrected chi connectivity index (χ1v) is 19.5. The van der Waals surface area contributed by atoms with Crippen molar-refractivity contribution in [2.45, 2.75) is 115 Å². The van der Waals surface area contributed by atoms with Crippen LogP contribution in [0.5, 0.6) is 0 Å². The summed E-state index contributed by atoms with van der Waals surface area (Å²) in [5.41, 5.74) is 0. The molecule has 2 heteroatoms. The van der Waals surface area contributed by atoms with E-state index in [1.54, 1.807) is 13.3 Å². The Kier molecular flexibility index (Phi) is 12.8. The van der Waals surface area contributed by atoms with Gasteiger partial charge in [0, 0.05) is 0 Å². The van der Waals surface area contributed by atoms with E-state index in [1.807, 2.05) is 0 Å². The Balaban J connectivity index is 2.85. The normalized spacial score (nSPS) is 18.9. The van der Waals surface area contributed by atoms with Crippen LogP contribution in [0.3, 0.4) is 0 Å². The van der Waals surface area contributed by atoms with Crippen molar-refractivity contribution < 1.29 is 5.11 Å². The Hall–Kier alpha value is 0.499. The summed E-state index contributed by atoms with van der Waals surface area (Å²) in [6, 6.07) is 0. The van der Waals surface area contributed by atoms with Gasteiger partial charge in [0.2, 0.25) is 0 Å². The van der Waals surface area contributed by atoms with Crippen LogP contribution in [0.15, 0.2) is 12.7 Å². The number of hydrogen-bond donors (Lipinski definition) is 1. The van der Waals surface area contributed by atoms with Crippen LogP contribution in [0.1, 0.15) is 91.4 Å². The molecule has 1 nitrogen and oxygen atoms in total. The molecular weight excluding hydrogens is 411 g/mol. The zero-order valence-electron chi connectivity index (χ0n) is 17.6. The molecule has 0 bridgehead atoms. The van der Waals surface area contributed by atoms with Gasteiger partial charge in [-0.25, -0.2) is 0 Å². The van der Waals surface area contributed by atoms with Gasteiger partial charge in [-0.1, -0.05) is 0 Å². The average Bonchev–Trinajstić information content (AvgIpc) is 2.67. The van der Waals surface area contributed by atoms with Crippen LogP contribution in [0.4, 0.5) is 0 Å². The molecule has 0 aliphatic heterocycles. The summed E-state index contributed by atoms with van der Waals surface area (Å²) in [6.07, 6.45) is 16.8. The molecule has 25 heavy (non-hydrogen) atoms. The zero-order chi connectivity index (χ0) is 18.5. The van der Waals surface area contributed by atoms with Crippen molar-refractivity contribution in [1.29, 1.82) is 0 Å². The average molecular weight is 457 g/mol. The van der Waals surface area contributed by atoms with E-state index >= 15 is 0 Å². The van der Waals surface area contributed by atoms with E-state index < -0.39 is 18.4 Å². The fourth-order valence-corrected chi connectivity index (χ4v) is 22.4. The topological polar surface area (TPSA) is 20.2 Å². The predicted octanol–water partition coefficient (Wildman–Crippen LogP) is 7.58. The van der Waals surface area contributed by atoms with Gasteiger partial charge in [-0.05, 0) is 0 Å². The Bertz CT molecular complexity index is 313. The van der Waals surface area contributed by atoms with Crippen LogP contribution in [-0.2, 0) is 0 Å². The van der Waals surface area contributed by atoms with Crippen LogP contribution >= 0.6 is 0 Å². The SMILES string of the molecule is C=C[C@@H]([CH2][Sn]([CH2]CCC)([CH2]CCC)[CH2]CCC)[C@@H](O)C1CCCCC1. The molecule has 148 valence electrons. The van der Waals surface area contributed by atoms with Gasteiger partial charge in [0.25, 0.3) is 0 Å². The molecule has 0 heterocycles. The summed E-state index contributed by atoms with van der Waals surface area (Å²) in [6.45, 7) is 11.2. The van der Waals surface area contributed by atoms with Crippen molar-refractivity contribution in [2.75, 3.05) is 0 Å². The molecule has 0 aromatic carbocycles.